The first-order chi connectivity index (χ1) is 10.0. The lowest BCUT2D eigenvalue weighted by atomic mass is 9.98. The van der Waals surface area contributed by atoms with Crippen molar-refractivity contribution in [2.45, 2.75) is 31.7 Å². The van der Waals surface area contributed by atoms with Gasteiger partial charge < -0.3 is 15.4 Å². The van der Waals surface area contributed by atoms with Gasteiger partial charge in [0.15, 0.2) is 0 Å². The lowest BCUT2D eigenvalue weighted by molar-refractivity contribution is -0.142. The van der Waals surface area contributed by atoms with E-state index in [2.05, 4.69) is 0 Å². The molecule has 21 heavy (non-hydrogen) atoms. The van der Waals surface area contributed by atoms with Crippen molar-refractivity contribution < 1.29 is 14.3 Å². The van der Waals surface area contributed by atoms with Crippen LogP contribution in [0.25, 0.3) is 0 Å². The molecular weight excluding hydrogens is 292 g/mol. The first kappa shape index (κ1) is 15.6. The average molecular weight is 311 g/mol. The molecule has 0 saturated carbocycles. The second kappa shape index (κ2) is 6.80. The molecule has 1 unspecified atom stereocenters. The van der Waals surface area contributed by atoms with Crippen molar-refractivity contribution >= 4 is 29.2 Å². The summed E-state index contributed by atoms with van der Waals surface area (Å²) in [7, 11) is 1.35. The summed E-state index contributed by atoms with van der Waals surface area (Å²) in [5.74, 6) is -0.484. The van der Waals surface area contributed by atoms with Crippen LogP contribution in [0.1, 0.15) is 36.0 Å². The Bertz CT molecular complexity index is 548. The van der Waals surface area contributed by atoms with Crippen LogP contribution in [0.3, 0.4) is 0 Å². The number of nitrogens with two attached hydrogens (primary N) is 1. The SMILES string of the molecule is COC(=O)CC1CCCCN1C(=O)c1cc(Cl)ccc1N. The van der Waals surface area contributed by atoms with E-state index < -0.39 is 0 Å². The van der Waals surface area contributed by atoms with Crippen LogP contribution in [0, 0.1) is 0 Å². The molecule has 0 spiro atoms. The van der Waals surface area contributed by atoms with E-state index in [-0.39, 0.29) is 24.3 Å². The molecule has 1 atom stereocenters. The van der Waals surface area contributed by atoms with E-state index in [1.54, 1.807) is 23.1 Å². The molecule has 1 heterocycles. The van der Waals surface area contributed by atoms with Gasteiger partial charge >= 0.3 is 5.97 Å². The highest BCUT2D eigenvalue weighted by molar-refractivity contribution is 6.31. The van der Waals surface area contributed by atoms with Crippen molar-refractivity contribution in [1.82, 2.24) is 4.90 Å². The van der Waals surface area contributed by atoms with Crippen LogP contribution in [0.2, 0.25) is 5.02 Å². The fourth-order valence-corrected chi connectivity index (χ4v) is 2.80. The number of methoxy groups -OCH3 is 1. The summed E-state index contributed by atoms with van der Waals surface area (Å²) in [6.07, 6.45) is 2.92. The number of hydrogen-bond donors (Lipinski definition) is 1. The van der Waals surface area contributed by atoms with Gasteiger partial charge in [0.1, 0.15) is 0 Å². The Morgan fingerprint density at radius 3 is 2.90 bits per heavy atom. The van der Waals surface area contributed by atoms with Crippen molar-refractivity contribution in [3.8, 4) is 0 Å². The maximum Gasteiger partial charge on any atom is 0.307 e. The quantitative estimate of drug-likeness (QED) is 0.687. The van der Waals surface area contributed by atoms with Gasteiger partial charge in [0, 0.05) is 23.3 Å². The molecule has 5 nitrogen and oxygen atoms in total. The van der Waals surface area contributed by atoms with Gasteiger partial charge in [0.25, 0.3) is 5.91 Å². The molecule has 1 fully saturated rings. The number of hydrogen-bond acceptors (Lipinski definition) is 4. The zero-order valence-electron chi connectivity index (χ0n) is 12.0. The van der Waals surface area contributed by atoms with Crippen molar-refractivity contribution in [3.63, 3.8) is 0 Å². The number of rotatable bonds is 3. The molecule has 1 saturated heterocycles. The maximum absolute atomic E-state index is 12.7. The third kappa shape index (κ3) is 3.67. The van der Waals surface area contributed by atoms with Crippen LogP contribution < -0.4 is 5.73 Å². The first-order valence-electron chi connectivity index (χ1n) is 6.95. The molecule has 114 valence electrons. The Balaban J connectivity index is 2.22. The third-order valence-electron chi connectivity index (χ3n) is 3.76. The predicted octanol–water partition coefficient (Wildman–Crippen LogP) is 2.48. The molecule has 0 aromatic heterocycles. The van der Waals surface area contributed by atoms with Crippen molar-refractivity contribution in [3.05, 3.63) is 28.8 Å². The fraction of sp³-hybridized carbons (Fsp3) is 0.467. The molecule has 1 aromatic rings. The Morgan fingerprint density at radius 1 is 1.43 bits per heavy atom. The smallest absolute Gasteiger partial charge is 0.307 e. The second-order valence-corrected chi connectivity index (χ2v) is 5.60. The van der Waals surface area contributed by atoms with Gasteiger partial charge in [-0.1, -0.05) is 11.6 Å². The van der Waals surface area contributed by atoms with Gasteiger partial charge in [-0.3, -0.25) is 9.59 Å². The van der Waals surface area contributed by atoms with Crippen LogP contribution in [0.15, 0.2) is 18.2 Å². The number of carbonyl (C=O) groups is 2. The number of likely N-dealkylation sites (tertiary alicyclic amines) is 1. The fourth-order valence-electron chi connectivity index (χ4n) is 2.62. The van der Waals surface area contributed by atoms with Gasteiger partial charge in [-0.05, 0) is 37.5 Å². The van der Waals surface area contributed by atoms with Gasteiger partial charge in [-0.25, -0.2) is 0 Å². The number of nitrogens with zero attached hydrogens (tertiary/aromatic N) is 1. The minimum atomic E-state index is -0.307. The van der Waals surface area contributed by atoms with Crippen LogP contribution >= 0.6 is 11.6 Å². The molecule has 0 bridgehead atoms. The minimum Gasteiger partial charge on any atom is -0.469 e. The summed E-state index contributed by atoms with van der Waals surface area (Å²) in [6.45, 7) is 0.618. The van der Waals surface area contributed by atoms with Crippen LogP contribution in [0.5, 0.6) is 0 Å². The maximum atomic E-state index is 12.7. The Labute approximate surface area is 129 Å². The lowest BCUT2D eigenvalue weighted by Gasteiger charge is -2.35. The number of ether oxygens (including phenoxy) is 1. The molecule has 1 aromatic carbocycles. The lowest BCUT2D eigenvalue weighted by Crippen LogP contribution is -2.45. The van der Waals surface area contributed by atoms with Gasteiger partial charge in [-0.15, -0.1) is 0 Å². The first-order valence-corrected chi connectivity index (χ1v) is 7.33. The monoisotopic (exact) mass is 310 g/mol. The third-order valence-corrected chi connectivity index (χ3v) is 4.00. The summed E-state index contributed by atoms with van der Waals surface area (Å²) in [6, 6.07) is 4.70. The van der Waals surface area contributed by atoms with Crippen molar-refractivity contribution in [1.29, 1.82) is 0 Å². The van der Waals surface area contributed by atoms with Gasteiger partial charge in [0.2, 0.25) is 0 Å². The Hall–Kier alpha value is -1.75. The zero-order valence-corrected chi connectivity index (χ0v) is 12.7. The van der Waals surface area contributed by atoms with Crippen LogP contribution in [-0.4, -0.2) is 36.5 Å². The molecule has 0 radical (unpaired) electrons. The van der Waals surface area contributed by atoms with E-state index in [0.29, 0.717) is 22.8 Å². The van der Waals surface area contributed by atoms with E-state index in [1.165, 1.54) is 7.11 Å². The highest BCUT2D eigenvalue weighted by atomic mass is 35.5. The number of anilines is 1. The molecule has 1 amide bonds. The number of esters is 1. The number of amides is 1. The summed E-state index contributed by atoms with van der Waals surface area (Å²) >= 11 is 5.94. The van der Waals surface area contributed by atoms with E-state index in [1.807, 2.05) is 0 Å². The van der Waals surface area contributed by atoms with Crippen molar-refractivity contribution in [2.24, 2.45) is 0 Å². The molecule has 2 N–H and O–H groups in total. The number of nitrogen functional groups attached to an aromatic ring is 1. The molecule has 0 aliphatic carbocycles. The van der Waals surface area contributed by atoms with Gasteiger partial charge in [0.05, 0.1) is 19.1 Å². The van der Waals surface area contributed by atoms with Crippen molar-refractivity contribution in [2.75, 3.05) is 19.4 Å². The number of halogens is 1. The Kier molecular flexibility index (Phi) is 5.07. The second-order valence-electron chi connectivity index (χ2n) is 5.16. The molecule has 1 aliphatic rings. The average Bonchev–Trinajstić information content (AvgIpc) is 2.49. The van der Waals surface area contributed by atoms with E-state index >= 15 is 0 Å². The number of piperidine rings is 1. The summed E-state index contributed by atoms with van der Waals surface area (Å²) in [5, 5.41) is 0.467. The van der Waals surface area contributed by atoms with E-state index in [4.69, 9.17) is 22.1 Å². The molecule has 2 rings (SSSR count). The summed E-state index contributed by atoms with van der Waals surface area (Å²) < 4.78 is 4.71. The molecule has 6 heteroatoms. The topological polar surface area (TPSA) is 72.6 Å². The molecular formula is C15H19ClN2O3. The van der Waals surface area contributed by atoms with Gasteiger partial charge in [-0.2, -0.15) is 0 Å². The normalized spacial score (nSPS) is 18.4. The minimum absolute atomic E-state index is 0.142. The Morgan fingerprint density at radius 2 is 2.19 bits per heavy atom. The number of benzene rings is 1. The predicted molar refractivity (Wildman–Crippen MR) is 81.2 cm³/mol. The standard InChI is InChI=1S/C15H19ClN2O3/c1-21-14(19)9-11-4-2-3-7-18(11)15(20)12-8-10(16)5-6-13(12)17/h5-6,8,11H,2-4,7,9,17H2,1H3. The molecule has 1 aliphatic heterocycles. The zero-order chi connectivity index (χ0) is 15.4. The number of carbonyl (C=O) groups excluding carboxylic acids is 2. The highest BCUT2D eigenvalue weighted by Gasteiger charge is 2.30. The largest absolute Gasteiger partial charge is 0.469 e. The van der Waals surface area contributed by atoms with Crippen LogP contribution in [-0.2, 0) is 9.53 Å². The van der Waals surface area contributed by atoms with Crippen LogP contribution in [0.4, 0.5) is 5.69 Å². The summed E-state index contributed by atoms with van der Waals surface area (Å²) in [4.78, 5) is 25.9. The van der Waals surface area contributed by atoms with E-state index in [0.717, 1.165) is 19.3 Å². The summed E-state index contributed by atoms with van der Waals surface area (Å²) in [5.41, 5.74) is 6.66. The highest BCUT2D eigenvalue weighted by Crippen LogP contribution is 2.25. The van der Waals surface area contributed by atoms with E-state index in [9.17, 15) is 9.59 Å².